The molecule has 0 saturated carbocycles. The Hall–Kier alpha value is -1.55. The third kappa shape index (κ3) is 2.97. The van der Waals surface area contributed by atoms with Crippen LogP contribution in [0.5, 0.6) is 5.75 Å². The summed E-state index contributed by atoms with van der Waals surface area (Å²) in [6.45, 7) is 3.05. The summed E-state index contributed by atoms with van der Waals surface area (Å²) in [5, 5.41) is 12.3. The molecule has 1 amide bonds. The van der Waals surface area contributed by atoms with Crippen molar-refractivity contribution in [2.45, 2.75) is 19.8 Å². The number of aromatic hydroxyl groups is 1. The van der Waals surface area contributed by atoms with Crippen LogP contribution in [0.1, 0.15) is 18.4 Å². The Morgan fingerprint density at radius 2 is 2.35 bits per heavy atom. The largest absolute Gasteiger partial charge is 0.508 e. The third-order valence-corrected chi connectivity index (χ3v) is 3.01. The molecule has 1 heterocycles. The SMILES string of the molecule is Cc1ccc(NC(=O)C2CCCOC2)cc1O. The first-order chi connectivity index (χ1) is 8.16. The van der Waals surface area contributed by atoms with Crippen LogP contribution in [0.25, 0.3) is 0 Å². The van der Waals surface area contributed by atoms with Crippen molar-refractivity contribution in [2.24, 2.45) is 5.92 Å². The van der Waals surface area contributed by atoms with E-state index in [0.717, 1.165) is 25.0 Å². The monoisotopic (exact) mass is 235 g/mol. The minimum absolute atomic E-state index is 0.0343. The first-order valence-electron chi connectivity index (χ1n) is 5.85. The zero-order valence-electron chi connectivity index (χ0n) is 9.90. The highest BCUT2D eigenvalue weighted by atomic mass is 16.5. The number of hydrogen-bond donors (Lipinski definition) is 2. The average Bonchev–Trinajstić information content (AvgIpc) is 2.35. The number of anilines is 1. The molecule has 1 aromatic rings. The number of phenols is 1. The predicted molar refractivity (Wildman–Crippen MR) is 65.0 cm³/mol. The lowest BCUT2D eigenvalue weighted by molar-refractivity contribution is -0.123. The van der Waals surface area contributed by atoms with Gasteiger partial charge in [0.25, 0.3) is 0 Å². The second-order valence-corrected chi connectivity index (χ2v) is 4.40. The van der Waals surface area contributed by atoms with Crippen LogP contribution < -0.4 is 5.32 Å². The third-order valence-electron chi connectivity index (χ3n) is 3.01. The quantitative estimate of drug-likeness (QED) is 0.825. The maximum absolute atomic E-state index is 11.9. The van der Waals surface area contributed by atoms with Gasteiger partial charge >= 0.3 is 0 Å². The van der Waals surface area contributed by atoms with Gasteiger partial charge in [0.15, 0.2) is 0 Å². The zero-order valence-corrected chi connectivity index (χ0v) is 9.90. The van der Waals surface area contributed by atoms with Gasteiger partial charge in [0.1, 0.15) is 5.75 Å². The molecule has 1 atom stereocenters. The van der Waals surface area contributed by atoms with Gasteiger partial charge < -0.3 is 15.2 Å². The van der Waals surface area contributed by atoms with E-state index in [2.05, 4.69) is 5.32 Å². The van der Waals surface area contributed by atoms with Crippen LogP contribution in [-0.2, 0) is 9.53 Å². The number of rotatable bonds is 2. The minimum atomic E-state index is -0.0767. The van der Waals surface area contributed by atoms with E-state index < -0.39 is 0 Å². The van der Waals surface area contributed by atoms with Crippen LogP contribution in [0.4, 0.5) is 5.69 Å². The number of carbonyl (C=O) groups excluding carboxylic acids is 1. The van der Waals surface area contributed by atoms with Crippen LogP contribution in [0.2, 0.25) is 0 Å². The molecule has 1 unspecified atom stereocenters. The average molecular weight is 235 g/mol. The fourth-order valence-electron chi connectivity index (χ4n) is 1.88. The van der Waals surface area contributed by atoms with Crippen LogP contribution in [0.3, 0.4) is 0 Å². The maximum Gasteiger partial charge on any atom is 0.229 e. The van der Waals surface area contributed by atoms with Gasteiger partial charge in [-0.3, -0.25) is 4.79 Å². The Morgan fingerprint density at radius 1 is 1.53 bits per heavy atom. The van der Waals surface area contributed by atoms with Gasteiger partial charge in [0.2, 0.25) is 5.91 Å². The van der Waals surface area contributed by atoms with Crippen LogP contribution in [0, 0.1) is 12.8 Å². The highest BCUT2D eigenvalue weighted by Gasteiger charge is 2.21. The van der Waals surface area contributed by atoms with E-state index in [1.807, 2.05) is 6.92 Å². The minimum Gasteiger partial charge on any atom is -0.508 e. The molecule has 1 aliphatic heterocycles. The summed E-state index contributed by atoms with van der Waals surface area (Å²) in [6.07, 6.45) is 1.79. The lowest BCUT2D eigenvalue weighted by Gasteiger charge is -2.21. The highest BCUT2D eigenvalue weighted by Crippen LogP contribution is 2.22. The van der Waals surface area contributed by atoms with Crippen LogP contribution >= 0.6 is 0 Å². The van der Waals surface area contributed by atoms with Crippen molar-refractivity contribution < 1.29 is 14.6 Å². The summed E-state index contributed by atoms with van der Waals surface area (Å²) >= 11 is 0. The molecule has 1 aliphatic rings. The first-order valence-corrected chi connectivity index (χ1v) is 5.85. The van der Waals surface area contributed by atoms with Crippen LogP contribution in [0.15, 0.2) is 18.2 Å². The van der Waals surface area contributed by atoms with Crippen molar-refractivity contribution in [3.05, 3.63) is 23.8 Å². The van der Waals surface area contributed by atoms with Gasteiger partial charge in [-0.2, -0.15) is 0 Å². The standard InChI is InChI=1S/C13H17NO3/c1-9-4-5-11(7-12(9)15)14-13(16)10-3-2-6-17-8-10/h4-5,7,10,15H,2-3,6,8H2,1H3,(H,14,16). The Bertz CT molecular complexity index is 411. The lowest BCUT2D eigenvalue weighted by Crippen LogP contribution is -2.30. The van der Waals surface area contributed by atoms with Crippen molar-refractivity contribution in [3.63, 3.8) is 0 Å². The van der Waals surface area contributed by atoms with E-state index in [0.29, 0.717) is 12.3 Å². The molecule has 4 nitrogen and oxygen atoms in total. The maximum atomic E-state index is 11.9. The number of aryl methyl sites for hydroxylation is 1. The Kier molecular flexibility index (Phi) is 3.64. The zero-order chi connectivity index (χ0) is 12.3. The van der Waals surface area contributed by atoms with E-state index in [1.54, 1.807) is 18.2 Å². The summed E-state index contributed by atoms with van der Waals surface area (Å²) in [5.41, 5.74) is 1.42. The fraction of sp³-hybridized carbons (Fsp3) is 0.462. The molecule has 1 fully saturated rings. The second-order valence-electron chi connectivity index (χ2n) is 4.40. The summed E-state index contributed by atoms with van der Waals surface area (Å²) in [4.78, 5) is 11.9. The van der Waals surface area contributed by atoms with Gasteiger partial charge in [-0.25, -0.2) is 0 Å². The number of carbonyl (C=O) groups is 1. The van der Waals surface area contributed by atoms with Crippen LogP contribution in [-0.4, -0.2) is 24.2 Å². The summed E-state index contributed by atoms with van der Waals surface area (Å²) < 4.78 is 5.27. The Morgan fingerprint density at radius 3 is 3.00 bits per heavy atom. The van der Waals surface area contributed by atoms with E-state index in [1.165, 1.54) is 0 Å². The molecule has 92 valence electrons. The molecular formula is C13H17NO3. The topological polar surface area (TPSA) is 58.6 Å². The number of ether oxygens (including phenoxy) is 1. The van der Waals surface area contributed by atoms with E-state index in [-0.39, 0.29) is 17.6 Å². The molecule has 2 N–H and O–H groups in total. The fourth-order valence-corrected chi connectivity index (χ4v) is 1.88. The normalized spacial score (nSPS) is 19.9. The highest BCUT2D eigenvalue weighted by molar-refractivity contribution is 5.92. The van der Waals surface area contributed by atoms with Crippen molar-refractivity contribution in [1.82, 2.24) is 0 Å². The summed E-state index contributed by atoms with van der Waals surface area (Å²) in [5.74, 6) is 0.0860. The lowest BCUT2D eigenvalue weighted by atomic mass is 10.0. The van der Waals surface area contributed by atoms with Crippen molar-refractivity contribution >= 4 is 11.6 Å². The van der Waals surface area contributed by atoms with Gasteiger partial charge in [0.05, 0.1) is 12.5 Å². The number of hydrogen-bond acceptors (Lipinski definition) is 3. The first kappa shape index (κ1) is 11.9. The molecule has 0 aromatic heterocycles. The molecule has 0 aliphatic carbocycles. The van der Waals surface area contributed by atoms with Crippen molar-refractivity contribution in [2.75, 3.05) is 18.5 Å². The number of phenolic OH excluding ortho intramolecular Hbond substituents is 1. The molecule has 4 heteroatoms. The van der Waals surface area contributed by atoms with Gasteiger partial charge in [-0.1, -0.05) is 6.07 Å². The van der Waals surface area contributed by atoms with Gasteiger partial charge in [-0.05, 0) is 31.4 Å². The smallest absolute Gasteiger partial charge is 0.229 e. The van der Waals surface area contributed by atoms with Crippen molar-refractivity contribution in [1.29, 1.82) is 0 Å². The summed E-state index contributed by atoms with van der Waals surface area (Å²) in [6, 6.07) is 5.13. The molecule has 17 heavy (non-hydrogen) atoms. The Labute approximate surface area is 101 Å². The number of nitrogens with one attached hydrogen (secondary N) is 1. The van der Waals surface area contributed by atoms with Gasteiger partial charge in [-0.15, -0.1) is 0 Å². The van der Waals surface area contributed by atoms with E-state index >= 15 is 0 Å². The van der Waals surface area contributed by atoms with Gasteiger partial charge in [0, 0.05) is 18.4 Å². The van der Waals surface area contributed by atoms with E-state index in [9.17, 15) is 9.90 Å². The number of benzene rings is 1. The van der Waals surface area contributed by atoms with E-state index in [4.69, 9.17) is 4.74 Å². The molecule has 1 aromatic carbocycles. The second kappa shape index (κ2) is 5.19. The predicted octanol–water partition coefficient (Wildman–Crippen LogP) is 2.07. The molecular weight excluding hydrogens is 218 g/mol. The molecule has 2 rings (SSSR count). The molecule has 0 radical (unpaired) electrons. The summed E-state index contributed by atoms with van der Waals surface area (Å²) in [7, 11) is 0. The molecule has 1 saturated heterocycles. The van der Waals surface area contributed by atoms with Crippen molar-refractivity contribution in [3.8, 4) is 5.75 Å². The molecule has 0 spiro atoms. The molecule has 0 bridgehead atoms. The Balaban J connectivity index is 1.99. The number of amides is 1.